The molecule has 1 amide bonds. The van der Waals surface area contributed by atoms with Crippen molar-refractivity contribution in [1.29, 1.82) is 0 Å². The lowest BCUT2D eigenvalue weighted by Crippen LogP contribution is -2.45. The molecule has 0 spiro atoms. The lowest BCUT2D eigenvalue weighted by molar-refractivity contribution is -0.144. The van der Waals surface area contributed by atoms with Crippen molar-refractivity contribution >= 4 is 18.0 Å². The van der Waals surface area contributed by atoms with Gasteiger partial charge < -0.3 is 14.8 Å². The molecule has 1 fully saturated rings. The maximum atomic E-state index is 12.1. The van der Waals surface area contributed by atoms with Gasteiger partial charge >= 0.3 is 12.6 Å². The molecule has 148 valence electrons. The van der Waals surface area contributed by atoms with E-state index in [1.165, 1.54) is 42.8 Å². The Morgan fingerprint density at radius 3 is 2.59 bits per heavy atom. The van der Waals surface area contributed by atoms with Gasteiger partial charge in [0.2, 0.25) is 0 Å². The number of halogens is 2. The van der Waals surface area contributed by atoms with Crippen LogP contribution in [0.2, 0.25) is 0 Å². The summed E-state index contributed by atoms with van der Waals surface area (Å²) in [6.07, 6.45) is 5.85. The van der Waals surface area contributed by atoms with Gasteiger partial charge in [-0.25, -0.2) is 4.79 Å². The number of carbonyl (C=O) groups excluding carboxylic acids is 2. The largest absolute Gasteiger partial charge is 0.452 e. The molecule has 27 heavy (non-hydrogen) atoms. The third kappa shape index (κ3) is 7.00. The number of rotatable bonds is 7. The number of alkyl halides is 2. The minimum Gasteiger partial charge on any atom is -0.452 e. The van der Waals surface area contributed by atoms with Crippen LogP contribution in [0.1, 0.15) is 38.7 Å². The van der Waals surface area contributed by atoms with Gasteiger partial charge in [0.1, 0.15) is 5.75 Å². The molecule has 3 atom stereocenters. The van der Waals surface area contributed by atoms with E-state index in [2.05, 4.69) is 23.9 Å². The molecule has 2 rings (SSSR count). The van der Waals surface area contributed by atoms with Crippen LogP contribution < -0.4 is 10.1 Å². The van der Waals surface area contributed by atoms with Crippen LogP contribution in [-0.4, -0.2) is 31.1 Å². The molecule has 0 heterocycles. The molecule has 1 aliphatic carbocycles. The maximum absolute atomic E-state index is 12.1. The molecule has 1 aromatic rings. The van der Waals surface area contributed by atoms with Crippen LogP contribution in [0.4, 0.5) is 8.78 Å². The fourth-order valence-electron chi connectivity index (χ4n) is 3.14. The fraction of sp³-hybridized carbons (Fsp3) is 0.500. The summed E-state index contributed by atoms with van der Waals surface area (Å²) >= 11 is 0. The van der Waals surface area contributed by atoms with Crippen molar-refractivity contribution in [1.82, 2.24) is 5.32 Å². The van der Waals surface area contributed by atoms with Gasteiger partial charge in [-0.2, -0.15) is 8.78 Å². The Morgan fingerprint density at radius 1 is 1.22 bits per heavy atom. The first kappa shape index (κ1) is 20.9. The van der Waals surface area contributed by atoms with Crippen molar-refractivity contribution in [2.45, 2.75) is 45.8 Å². The minimum atomic E-state index is -2.88. The number of ether oxygens (including phenoxy) is 2. The first-order valence-corrected chi connectivity index (χ1v) is 9.04. The smallest absolute Gasteiger partial charge is 0.387 e. The van der Waals surface area contributed by atoms with E-state index in [9.17, 15) is 18.4 Å². The number of carbonyl (C=O) groups is 2. The van der Waals surface area contributed by atoms with E-state index in [-0.39, 0.29) is 24.3 Å². The van der Waals surface area contributed by atoms with Crippen LogP contribution in [0.15, 0.2) is 30.3 Å². The second-order valence-electron chi connectivity index (χ2n) is 6.83. The molecule has 0 radical (unpaired) electrons. The summed E-state index contributed by atoms with van der Waals surface area (Å²) in [7, 11) is 0. The van der Waals surface area contributed by atoms with E-state index in [1.54, 1.807) is 0 Å². The number of hydrogen-bond acceptors (Lipinski definition) is 4. The predicted octanol–water partition coefficient (Wildman–Crippen LogP) is 3.79. The predicted molar refractivity (Wildman–Crippen MR) is 97.2 cm³/mol. The summed E-state index contributed by atoms with van der Waals surface area (Å²) in [6.45, 7) is 1.09. The average molecular weight is 381 g/mol. The van der Waals surface area contributed by atoms with E-state index in [1.807, 2.05) is 0 Å². The molecule has 1 N–H and O–H groups in total. The standard InChI is InChI=1S/C20H25F2NO4/c1-13-4-3-5-17(14(13)2)23-18(24)12-26-19(25)11-8-15-6-9-16(10-7-15)27-20(21)22/h6-11,13-14,17,20H,3-5,12H2,1-2H3,(H,23,24)/b11-8+/t13-,14-,17+/m1/s1. The highest BCUT2D eigenvalue weighted by Crippen LogP contribution is 2.29. The number of amides is 1. The Morgan fingerprint density at radius 2 is 1.93 bits per heavy atom. The van der Waals surface area contributed by atoms with Crippen molar-refractivity contribution in [3.63, 3.8) is 0 Å². The molecule has 7 heteroatoms. The Balaban J connectivity index is 1.75. The van der Waals surface area contributed by atoms with E-state index in [4.69, 9.17) is 4.74 Å². The van der Waals surface area contributed by atoms with Crippen LogP contribution in [-0.2, 0) is 14.3 Å². The zero-order valence-corrected chi connectivity index (χ0v) is 15.5. The Kier molecular flexibility index (Phi) is 7.76. The average Bonchev–Trinajstić information content (AvgIpc) is 2.63. The van der Waals surface area contributed by atoms with Gasteiger partial charge in [-0.1, -0.05) is 38.8 Å². The van der Waals surface area contributed by atoms with Gasteiger partial charge in [0, 0.05) is 12.1 Å². The zero-order chi connectivity index (χ0) is 19.8. The SMILES string of the molecule is C[C@@H]1[C@H](C)CCC[C@@H]1NC(=O)COC(=O)/C=C/c1ccc(OC(F)F)cc1. The molecule has 1 aromatic carbocycles. The Hall–Kier alpha value is -2.44. The van der Waals surface area contributed by atoms with Crippen molar-refractivity contribution < 1.29 is 27.8 Å². The molecule has 0 bridgehead atoms. The number of benzene rings is 1. The molecular weight excluding hydrogens is 356 g/mol. The van der Waals surface area contributed by atoms with Crippen LogP contribution in [0, 0.1) is 11.8 Å². The van der Waals surface area contributed by atoms with Crippen molar-refractivity contribution in [3.8, 4) is 5.75 Å². The molecule has 0 aliphatic heterocycles. The number of esters is 1. The van der Waals surface area contributed by atoms with Crippen molar-refractivity contribution in [2.75, 3.05) is 6.61 Å². The summed E-state index contributed by atoms with van der Waals surface area (Å²) in [4.78, 5) is 23.7. The Bertz CT molecular complexity index is 660. The topological polar surface area (TPSA) is 64.6 Å². The van der Waals surface area contributed by atoms with Crippen molar-refractivity contribution in [2.24, 2.45) is 11.8 Å². The van der Waals surface area contributed by atoms with E-state index in [0.717, 1.165) is 12.8 Å². The zero-order valence-electron chi connectivity index (χ0n) is 15.5. The highest BCUT2D eigenvalue weighted by Gasteiger charge is 2.28. The minimum absolute atomic E-state index is 0.0349. The second kappa shape index (κ2) is 10.0. The number of nitrogens with one attached hydrogen (secondary N) is 1. The molecule has 0 aromatic heterocycles. The molecule has 1 aliphatic rings. The van der Waals surface area contributed by atoms with Gasteiger partial charge in [0.15, 0.2) is 6.61 Å². The fourth-order valence-corrected chi connectivity index (χ4v) is 3.14. The highest BCUT2D eigenvalue weighted by molar-refractivity contribution is 5.89. The molecular formula is C20H25F2NO4. The first-order valence-electron chi connectivity index (χ1n) is 9.04. The van der Waals surface area contributed by atoms with Gasteiger partial charge in [0.05, 0.1) is 0 Å². The van der Waals surface area contributed by atoms with Crippen LogP contribution in [0.5, 0.6) is 5.75 Å². The van der Waals surface area contributed by atoms with Crippen LogP contribution in [0.3, 0.4) is 0 Å². The van der Waals surface area contributed by atoms with Crippen LogP contribution >= 0.6 is 0 Å². The van der Waals surface area contributed by atoms with Crippen LogP contribution in [0.25, 0.3) is 6.08 Å². The van der Waals surface area contributed by atoms with E-state index < -0.39 is 12.6 Å². The summed E-state index contributed by atoms with van der Waals surface area (Å²) in [5.74, 6) is 0.0364. The summed E-state index contributed by atoms with van der Waals surface area (Å²) in [6, 6.07) is 5.91. The monoisotopic (exact) mass is 381 g/mol. The molecule has 0 unspecified atom stereocenters. The second-order valence-corrected chi connectivity index (χ2v) is 6.83. The van der Waals surface area contributed by atoms with E-state index in [0.29, 0.717) is 17.4 Å². The lowest BCUT2D eigenvalue weighted by Gasteiger charge is -2.34. The summed E-state index contributed by atoms with van der Waals surface area (Å²) < 4.78 is 33.4. The Labute approximate surface area is 157 Å². The van der Waals surface area contributed by atoms with Crippen molar-refractivity contribution in [3.05, 3.63) is 35.9 Å². The highest BCUT2D eigenvalue weighted by atomic mass is 19.3. The van der Waals surface area contributed by atoms with Gasteiger partial charge in [-0.05, 0) is 42.0 Å². The maximum Gasteiger partial charge on any atom is 0.387 e. The third-order valence-electron chi connectivity index (χ3n) is 4.92. The molecule has 5 nitrogen and oxygen atoms in total. The molecule has 0 saturated heterocycles. The molecule has 1 saturated carbocycles. The third-order valence-corrected chi connectivity index (χ3v) is 4.92. The van der Waals surface area contributed by atoms with Gasteiger partial charge in [-0.15, -0.1) is 0 Å². The summed E-state index contributed by atoms with van der Waals surface area (Å²) in [5, 5.41) is 2.93. The first-order chi connectivity index (χ1) is 12.8. The van der Waals surface area contributed by atoms with Gasteiger partial charge in [0.25, 0.3) is 5.91 Å². The normalized spacial score (nSPS) is 22.6. The number of hydrogen-bond donors (Lipinski definition) is 1. The quantitative estimate of drug-likeness (QED) is 0.577. The lowest BCUT2D eigenvalue weighted by atomic mass is 9.78. The summed E-state index contributed by atoms with van der Waals surface area (Å²) in [5.41, 5.74) is 0.614. The van der Waals surface area contributed by atoms with Gasteiger partial charge in [-0.3, -0.25) is 4.79 Å². The van der Waals surface area contributed by atoms with E-state index >= 15 is 0 Å².